The molecule has 0 radical (unpaired) electrons. The number of piperidine rings is 1. The summed E-state index contributed by atoms with van der Waals surface area (Å²) in [4.78, 5) is 2.38. The summed E-state index contributed by atoms with van der Waals surface area (Å²) in [5, 5.41) is 10.4. The van der Waals surface area contributed by atoms with Gasteiger partial charge in [-0.1, -0.05) is 26.0 Å². The molecular formula is C18H29NO2. The Kier molecular flexibility index (Phi) is 5.65. The molecule has 1 aliphatic heterocycles. The van der Waals surface area contributed by atoms with Crippen LogP contribution in [0.1, 0.15) is 45.8 Å². The largest absolute Gasteiger partial charge is 0.491 e. The van der Waals surface area contributed by atoms with E-state index in [0.29, 0.717) is 5.92 Å². The summed E-state index contributed by atoms with van der Waals surface area (Å²) in [7, 11) is 0. The summed E-state index contributed by atoms with van der Waals surface area (Å²) in [5.74, 6) is 2.37. The SMILES string of the molecule is CC(C)Oc1ccc(C(O)CN2CCC(C)C(C)C2)cc1. The van der Waals surface area contributed by atoms with Crippen molar-refractivity contribution in [1.82, 2.24) is 4.90 Å². The van der Waals surface area contributed by atoms with Crippen molar-refractivity contribution in [1.29, 1.82) is 0 Å². The molecule has 1 heterocycles. The monoisotopic (exact) mass is 291 g/mol. The molecule has 1 saturated heterocycles. The van der Waals surface area contributed by atoms with Gasteiger partial charge >= 0.3 is 0 Å². The van der Waals surface area contributed by atoms with Gasteiger partial charge in [-0.2, -0.15) is 0 Å². The first kappa shape index (κ1) is 16.3. The predicted octanol–water partition coefficient (Wildman–Crippen LogP) is 3.49. The third kappa shape index (κ3) is 4.72. The minimum absolute atomic E-state index is 0.178. The van der Waals surface area contributed by atoms with Gasteiger partial charge in [0.25, 0.3) is 0 Å². The third-order valence-corrected chi connectivity index (χ3v) is 4.49. The lowest BCUT2D eigenvalue weighted by Crippen LogP contribution is -2.40. The summed E-state index contributed by atoms with van der Waals surface area (Å²) in [6, 6.07) is 7.83. The lowest BCUT2D eigenvalue weighted by Gasteiger charge is -2.36. The number of hydrogen-bond acceptors (Lipinski definition) is 3. The Morgan fingerprint density at radius 3 is 2.43 bits per heavy atom. The van der Waals surface area contributed by atoms with Crippen molar-refractivity contribution in [2.45, 2.75) is 46.3 Å². The van der Waals surface area contributed by atoms with Gasteiger partial charge in [-0.3, -0.25) is 0 Å². The van der Waals surface area contributed by atoms with Crippen LogP contribution in [0.4, 0.5) is 0 Å². The van der Waals surface area contributed by atoms with Crippen molar-refractivity contribution in [3.05, 3.63) is 29.8 Å². The van der Waals surface area contributed by atoms with Crippen LogP contribution in [0.5, 0.6) is 5.75 Å². The van der Waals surface area contributed by atoms with Crippen LogP contribution in [-0.4, -0.2) is 35.7 Å². The Morgan fingerprint density at radius 1 is 1.19 bits per heavy atom. The number of aliphatic hydroxyl groups is 1. The van der Waals surface area contributed by atoms with Gasteiger partial charge in [0.1, 0.15) is 5.75 Å². The molecule has 3 nitrogen and oxygen atoms in total. The number of rotatable bonds is 5. The first-order valence-electron chi connectivity index (χ1n) is 8.12. The zero-order chi connectivity index (χ0) is 15.4. The maximum Gasteiger partial charge on any atom is 0.119 e. The van der Waals surface area contributed by atoms with Crippen LogP contribution in [-0.2, 0) is 0 Å². The summed E-state index contributed by atoms with van der Waals surface area (Å²) < 4.78 is 5.63. The summed E-state index contributed by atoms with van der Waals surface area (Å²) in [6.07, 6.45) is 0.992. The molecule has 3 unspecified atom stereocenters. The first-order chi connectivity index (χ1) is 9.95. The normalized spacial score (nSPS) is 25.0. The molecule has 0 saturated carbocycles. The predicted molar refractivity (Wildman–Crippen MR) is 86.6 cm³/mol. The molecule has 1 fully saturated rings. The molecule has 0 bridgehead atoms. The molecule has 0 spiro atoms. The Labute approximate surface area is 128 Å². The second-order valence-corrected chi connectivity index (χ2v) is 6.75. The topological polar surface area (TPSA) is 32.7 Å². The highest BCUT2D eigenvalue weighted by molar-refractivity contribution is 5.28. The molecule has 2 rings (SSSR count). The molecular weight excluding hydrogens is 262 g/mol. The van der Waals surface area contributed by atoms with Crippen molar-refractivity contribution >= 4 is 0 Å². The number of β-amino-alcohol motifs (C(OH)–C–C–N with tert-alkyl or cyclic N) is 1. The maximum absolute atomic E-state index is 10.4. The van der Waals surface area contributed by atoms with Crippen molar-refractivity contribution in [2.24, 2.45) is 11.8 Å². The molecule has 1 N–H and O–H groups in total. The molecule has 1 aromatic rings. The molecule has 0 aliphatic carbocycles. The van der Waals surface area contributed by atoms with E-state index in [1.807, 2.05) is 38.1 Å². The van der Waals surface area contributed by atoms with Crippen LogP contribution >= 0.6 is 0 Å². The van der Waals surface area contributed by atoms with Crippen LogP contribution < -0.4 is 4.74 Å². The number of hydrogen-bond donors (Lipinski definition) is 1. The number of aliphatic hydroxyl groups excluding tert-OH is 1. The van der Waals surface area contributed by atoms with E-state index in [-0.39, 0.29) is 6.10 Å². The van der Waals surface area contributed by atoms with E-state index in [1.54, 1.807) is 0 Å². The average Bonchev–Trinajstić information content (AvgIpc) is 2.43. The van der Waals surface area contributed by atoms with E-state index in [4.69, 9.17) is 4.74 Å². The van der Waals surface area contributed by atoms with E-state index in [2.05, 4.69) is 18.7 Å². The lowest BCUT2D eigenvalue weighted by atomic mass is 9.88. The second-order valence-electron chi connectivity index (χ2n) is 6.75. The Balaban J connectivity index is 1.89. The van der Waals surface area contributed by atoms with E-state index in [0.717, 1.165) is 36.9 Å². The standard InChI is InChI=1S/C18H29NO2/c1-13(2)21-17-7-5-16(6-8-17)18(20)12-19-10-9-14(3)15(4)11-19/h5-8,13-15,18,20H,9-12H2,1-4H3. The quantitative estimate of drug-likeness (QED) is 0.901. The van der Waals surface area contributed by atoms with Gasteiger partial charge in [-0.15, -0.1) is 0 Å². The molecule has 0 amide bonds. The fraction of sp³-hybridized carbons (Fsp3) is 0.667. The molecule has 21 heavy (non-hydrogen) atoms. The molecule has 3 heteroatoms. The van der Waals surface area contributed by atoms with E-state index >= 15 is 0 Å². The van der Waals surface area contributed by atoms with Gasteiger partial charge in [0.2, 0.25) is 0 Å². The fourth-order valence-electron chi connectivity index (χ4n) is 2.91. The zero-order valence-electron chi connectivity index (χ0n) is 13.7. The van der Waals surface area contributed by atoms with Gasteiger partial charge in [0, 0.05) is 13.1 Å². The van der Waals surface area contributed by atoms with Crippen molar-refractivity contribution in [2.75, 3.05) is 19.6 Å². The first-order valence-corrected chi connectivity index (χ1v) is 8.12. The van der Waals surface area contributed by atoms with Gasteiger partial charge in [0.05, 0.1) is 12.2 Å². The number of ether oxygens (including phenoxy) is 1. The van der Waals surface area contributed by atoms with Crippen LogP contribution in [0.2, 0.25) is 0 Å². The zero-order valence-corrected chi connectivity index (χ0v) is 13.7. The molecule has 1 aromatic carbocycles. The smallest absolute Gasteiger partial charge is 0.119 e. The lowest BCUT2D eigenvalue weighted by molar-refractivity contribution is 0.0704. The molecule has 3 atom stereocenters. The summed E-state index contributed by atoms with van der Waals surface area (Å²) >= 11 is 0. The van der Waals surface area contributed by atoms with Crippen LogP contribution in [0.3, 0.4) is 0 Å². The Morgan fingerprint density at radius 2 is 1.86 bits per heavy atom. The third-order valence-electron chi connectivity index (χ3n) is 4.49. The highest BCUT2D eigenvalue weighted by Crippen LogP contribution is 2.25. The van der Waals surface area contributed by atoms with E-state index in [9.17, 15) is 5.11 Å². The van der Waals surface area contributed by atoms with Crippen LogP contribution in [0.25, 0.3) is 0 Å². The Bertz CT molecular complexity index is 429. The molecule has 118 valence electrons. The van der Waals surface area contributed by atoms with E-state index < -0.39 is 6.10 Å². The average molecular weight is 291 g/mol. The van der Waals surface area contributed by atoms with Gasteiger partial charge in [-0.05, 0) is 56.3 Å². The van der Waals surface area contributed by atoms with Crippen molar-refractivity contribution in [3.63, 3.8) is 0 Å². The fourth-order valence-corrected chi connectivity index (χ4v) is 2.91. The van der Waals surface area contributed by atoms with Crippen LogP contribution in [0, 0.1) is 11.8 Å². The second kappa shape index (κ2) is 7.28. The highest BCUT2D eigenvalue weighted by atomic mass is 16.5. The number of benzene rings is 1. The molecule has 0 aromatic heterocycles. The van der Waals surface area contributed by atoms with Gasteiger partial charge in [-0.25, -0.2) is 0 Å². The summed E-state index contributed by atoms with van der Waals surface area (Å²) in [6.45, 7) is 11.6. The van der Waals surface area contributed by atoms with Gasteiger partial charge in [0.15, 0.2) is 0 Å². The van der Waals surface area contributed by atoms with Gasteiger partial charge < -0.3 is 14.7 Å². The molecule has 1 aliphatic rings. The van der Waals surface area contributed by atoms with Crippen molar-refractivity contribution < 1.29 is 9.84 Å². The number of likely N-dealkylation sites (tertiary alicyclic amines) is 1. The maximum atomic E-state index is 10.4. The number of nitrogens with zero attached hydrogens (tertiary/aromatic N) is 1. The van der Waals surface area contributed by atoms with E-state index in [1.165, 1.54) is 6.42 Å². The summed E-state index contributed by atoms with van der Waals surface area (Å²) in [5.41, 5.74) is 0.970. The highest BCUT2D eigenvalue weighted by Gasteiger charge is 2.24. The van der Waals surface area contributed by atoms with Crippen LogP contribution in [0.15, 0.2) is 24.3 Å². The van der Waals surface area contributed by atoms with Crippen molar-refractivity contribution in [3.8, 4) is 5.75 Å². The minimum Gasteiger partial charge on any atom is -0.491 e. The Hall–Kier alpha value is -1.06. The minimum atomic E-state index is -0.418.